The summed E-state index contributed by atoms with van der Waals surface area (Å²) >= 11 is 0. The molecule has 0 fully saturated rings. The van der Waals surface area contributed by atoms with Crippen LogP contribution in [0.3, 0.4) is 0 Å². The van der Waals surface area contributed by atoms with Gasteiger partial charge in [-0.2, -0.15) is 0 Å². The number of pyridine rings is 1. The molecule has 1 heterocycles. The van der Waals surface area contributed by atoms with Crippen LogP contribution in [0.25, 0.3) is 0 Å². The molecule has 94 valence electrons. The van der Waals surface area contributed by atoms with E-state index < -0.39 is 0 Å². The molecule has 0 aliphatic heterocycles. The number of benzene rings is 1. The average molecular weight is 246 g/mol. The van der Waals surface area contributed by atoms with Gasteiger partial charge in [-0.1, -0.05) is 18.2 Å². The van der Waals surface area contributed by atoms with Gasteiger partial charge in [0.1, 0.15) is 11.6 Å². The number of ether oxygens (including phenoxy) is 1. The van der Waals surface area contributed by atoms with Crippen molar-refractivity contribution in [1.29, 1.82) is 0 Å². The van der Waals surface area contributed by atoms with E-state index in [0.29, 0.717) is 18.0 Å². The summed E-state index contributed by atoms with van der Waals surface area (Å²) < 4.78 is 18.9. The highest BCUT2D eigenvalue weighted by molar-refractivity contribution is 5.37. The largest absolute Gasteiger partial charge is 0.438 e. The number of nitrogens with zero attached hydrogens (tertiary/aromatic N) is 1. The van der Waals surface area contributed by atoms with Gasteiger partial charge in [0.15, 0.2) is 0 Å². The van der Waals surface area contributed by atoms with Crippen molar-refractivity contribution in [2.24, 2.45) is 0 Å². The van der Waals surface area contributed by atoms with E-state index in [4.69, 9.17) is 4.74 Å². The highest BCUT2D eigenvalue weighted by Crippen LogP contribution is 2.26. The predicted molar refractivity (Wildman–Crippen MR) is 68.2 cm³/mol. The first-order valence-electron chi connectivity index (χ1n) is 5.73. The number of hydrogen-bond acceptors (Lipinski definition) is 3. The van der Waals surface area contributed by atoms with Gasteiger partial charge in [0.05, 0.1) is 6.20 Å². The Labute approximate surface area is 106 Å². The minimum Gasteiger partial charge on any atom is -0.438 e. The summed E-state index contributed by atoms with van der Waals surface area (Å²) in [5, 5.41) is 2.97. The highest BCUT2D eigenvalue weighted by atomic mass is 19.1. The Morgan fingerprint density at radius 1 is 1.33 bits per heavy atom. The quantitative estimate of drug-likeness (QED) is 0.900. The van der Waals surface area contributed by atoms with Gasteiger partial charge in [0, 0.05) is 12.1 Å². The Bertz CT molecular complexity index is 543. The van der Waals surface area contributed by atoms with Gasteiger partial charge in [-0.3, -0.25) is 0 Å². The lowest BCUT2D eigenvalue weighted by Gasteiger charge is -2.11. The van der Waals surface area contributed by atoms with Gasteiger partial charge >= 0.3 is 0 Å². The molecule has 4 heteroatoms. The molecule has 0 radical (unpaired) electrons. The van der Waals surface area contributed by atoms with E-state index >= 15 is 0 Å². The molecule has 0 spiro atoms. The summed E-state index contributed by atoms with van der Waals surface area (Å²) in [6, 6.07) is 9.08. The first-order valence-corrected chi connectivity index (χ1v) is 5.73. The molecule has 1 aromatic heterocycles. The van der Waals surface area contributed by atoms with Crippen molar-refractivity contribution < 1.29 is 9.13 Å². The molecule has 0 bridgehead atoms. The molecular weight excluding hydrogens is 231 g/mol. The van der Waals surface area contributed by atoms with Crippen LogP contribution < -0.4 is 10.1 Å². The van der Waals surface area contributed by atoms with Crippen LogP contribution in [-0.2, 0) is 6.54 Å². The zero-order valence-corrected chi connectivity index (χ0v) is 10.4. The maximum absolute atomic E-state index is 13.1. The summed E-state index contributed by atoms with van der Waals surface area (Å²) in [4.78, 5) is 4.00. The monoisotopic (exact) mass is 246 g/mol. The summed E-state index contributed by atoms with van der Waals surface area (Å²) in [7, 11) is 1.79. The van der Waals surface area contributed by atoms with E-state index in [1.165, 1.54) is 6.07 Å². The van der Waals surface area contributed by atoms with Crippen LogP contribution >= 0.6 is 0 Å². The van der Waals surface area contributed by atoms with Crippen molar-refractivity contribution in [1.82, 2.24) is 10.3 Å². The van der Waals surface area contributed by atoms with Gasteiger partial charge in [-0.25, -0.2) is 9.37 Å². The van der Waals surface area contributed by atoms with Crippen molar-refractivity contribution in [3.05, 3.63) is 53.5 Å². The van der Waals surface area contributed by atoms with Crippen molar-refractivity contribution in [2.45, 2.75) is 13.5 Å². The number of aromatic nitrogens is 1. The fraction of sp³-hybridized carbons (Fsp3) is 0.214. The van der Waals surface area contributed by atoms with Crippen LogP contribution in [0.2, 0.25) is 0 Å². The SMILES string of the molecule is CNCc1cc(F)cnc1Oc1ccccc1C. The number of halogens is 1. The molecule has 1 aromatic carbocycles. The number of nitrogens with one attached hydrogen (secondary N) is 1. The topological polar surface area (TPSA) is 34.2 Å². The average Bonchev–Trinajstić information content (AvgIpc) is 2.35. The van der Waals surface area contributed by atoms with E-state index in [1.807, 2.05) is 31.2 Å². The van der Waals surface area contributed by atoms with Crippen molar-refractivity contribution in [2.75, 3.05) is 7.05 Å². The van der Waals surface area contributed by atoms with Crippen molar-refractivity contribution in [3.63, 3.8) is 0 Å². The van der Waals surface area contributed by atoms with Gasteiger partial charge in [-0.05, 0) is 31.7 Å². The van der Waals surface area contributed by atoms with Crippen molar-refractivity contribution >= 4 is 0 Å². The number of para-hydroxylation sites is 1. The Kier molecular flexibility index (Phi) is 3.89. The lowest BCUT2D eigenvalue weighted by Crippen LogP contribution is -2.08. The van der Waals surface area contributed by atoms with Gasteiger partial charge in [0.25, 0.3) is 0 Å². The molecule has 0 saturated heterocycles. The fourth-order valence-corrected chi connectivity index (χ4v) is 1.65. The molecule has 18 heavy (non-hydrogen) atoms. The zero-order valence-electron chi connectivity index (χ0n) is 10.4. The predicted octanol–water partition coefficient (Wildman–Crippen LogP) is 3.04. The first kappa shape index (κ1) is 12.5. The number of rotatable bonds is 4. The lowest BCUT2D eigenvalue weighted by molar-refractivity contribution is 0.447. The van der Waals surface area contributed by atoms with Gasteiger partial charge < -0.3 is 10.1 Å². The minimum atomic E-state index is -0.364. The fourth-order valence-electron chi connectivity index (χ4n) is 1.65. The lowest BCUT2D eigenvalue weighted by atomic mass is 10.2. The first-order chi connectivity index (χ1) is 8.70. The van der Waals surface area contributed by atoms with Gasteiger partial charge in [-0.15, -0.1) is 0 Å². The third-order valence-corrected chi connectivity index (χ3v) is 2.56. The second kappa shape index (κ2) is 5.60. The number of hydrogen-bond donors (Lipinski definition) is 1. The standard InChI is InChI=1S/C14H15FN2O/c1-10-5-3-4-6-13(10)18-14-11(8-16-2)7-12(15)9-17-14/h3-7,9,16H,8H2,1-2H3. The number of aryl methyl sites for hydroxylation is 1. The molecule has 3 nitrogen and oxygen atoms in total. The van der Waals surface area contributed by atoms with Crippen LogP contribution in [0, 0.1) is 12.7 Å². The third kappa shape index (κ3) is 2.84. The van der Waals surface area contributed by atoms with Crippen LogP contribution in [0.4, 0.5) is 4.39 Å². The molecule has 2 rings (SSSR count). The van der Waals surface area contributed by atoms with Crippen LogP contribution in [-0.4, -0.2) is 12.0 Å². The third-order valence-electron chi connectivity index (χ3n) is 2.56. The zero-order chi connectivity index (χ0) is 13.0. The molecule has 1 N–H and O–H groups in total. The highest BCUT2D eigenvalue weighted by Gasteiger charge is 2.09. The molecule has 0 unspecified atom stereocenters. The van der Waals surface area contributed by atoms with Crippen LogP contribution in [0.1, 0.15) is 11.1 Å². The Morgan fingerprint density at radius 2 is 2.11 bits per heavy atom. The summed E-state index contributed by atoms with van der Waals surface area (Å²) in [6.45, 7) is 2.46. The molecule has 0 amide bonds. The maximum Gasteiger partial charge on any atom is 0.223 e. The van der Waals surface area contributed by atoms with Crippen LogP contribution in [0.15, 0.2) is 36.5 Å². The Hall–Kier alpha value is -1.94. The second-order valence-electron chi connectivity index (χ2n) is 4.02. The van der Waals surface area contributed by atoms with Crippen molar-refractivity contribution in [3.8, 4) is 11.6 Å². The van der Waals surface area contributed by atoms with Gasteiger partial charge in [0.2, 0.25) is 5.88 Å². The van der Waals surface area contributed by atoms with E-state index in [-0.39, 0.29) is 5.82 Å². The second-order valence-corrected chi connectivity index (χ2v) is 4.02. The van der Waals surface area contributed by atoms with E-state index in [9.17, 15) is 4.39 Å². The summed E-state index contributed by atoms with van der Waals surface area (Å²) in [6.07, 6.45) is 1.16. The summed E-state index contributed by atoms with van der Waals surface area (Å²) in [5.41, 5.74) is 1.71. The Morgan fingerprint density at radius 3 is 2.83 bits per heavy atom. The molecule has 0 saturated carbocycles. The smallest absolute Gasteiger partial charge is 0.223 e. The normalized spacial score (nSPS) is 10.4. The summed E-state index contributed by atoms with van der Waals surface area (Å²) in [5.74, 6) is 0.798. The van der Waals surface area contributed by atoms with Crippen LogP contribution in [0.5, 0.6) is 11.6 Å². The molecule has 2 aromatic rings. The van der Waals surface area contributed by atoms with E-state index in [2.05, 4.69) is 10.3 Å². The Balaban J connectivity index is 2.31. The minimum absolute atomic E-state index is 0.364. The molecule has 0 atom stereocenters. The molecular formula is C14H15FN2O. The maximum atomic E-state index is 13.1. The van der Waals surface area contributed by atoms with E-state index in [1.54, 1.807) is 7.05 Å². The molecule has 0 aliphatic carbocycles. The molecule has 0 aliphatic rings. The van der Waals surface area contributed by atoms with E-state index in [0.717, 1.165) is 17.5 Å².